The molecule has 1 spiro atoms. The number of carbonyl (C=O) groups excluding carboxylic acids is 3. The van der Waals surface area contributed by atoms with Gasteiger partial charge in [-0.15, -0.1) is 0 Å². The predicted molar refractivity (Wildman–Crippen MR) is 200 cm³/mol. The van der Waals surface area contributed by atoms with Crippen molar-refractivity contribution in [3.63, 3.8) is 0 Å². The summed E-state index contributed by atoms with van der Waals surface area (Å²) in [7, 11) is 0. The Morgan fingerprint density at radius 2 is 1.37 bits per heavy atom. The summed E-state index contributed by atoms with van der Waals surface area (Å²) in [5, 5.41) is 3.09. The van der Waals surface area contributed by atoms with Crippen molar-refractivity contribution in [2.45, 2.75) is 75.1 Å². The first-order chi connectivity index (χ1) is 24.8. The third-order valence-corrected chi connectivity index (χ3v) is 10.9. The number of likely N-dealkylation sites (tertiary alicyclic amines) is 1. The lowest BCUT2D eigenvalue weighted by Crippen LogP contribution is -2.76. The molecule has 2 amide bonds. The molecule has 0 aromatic heterocycles. The molecule has 0 saturated carbocycles. The minimum Gasteiger partial charge on any atom is -0.461 e. The van der Waals surface area contributed by atoms with Crippen molar-refractivity contribution >= 4 is 17.8 Å². The molecule has 2 atom stereocenters. The summed E-state index contributed by atoms with van der Waals surface area (Å²) in [5.74, 6) is -0.619. The second kappa shape index (κ2) is 16.5. The third kappa shape index (κ3) is 8.41. The minimum atomic E-state index is -0.997. The molecule has 2 heterocycles. The lowest BCUT2D eigenvalue weighted by molar-refractivity contribution is -0.163. The van der Waals surface area contributed by atoms with Gasteiger partial charge in [0.1, 0.15) is 18.2 Å². The van der Waals surface area contributed by atoms with Crippen LogP contribution in [0.1, 0.15) is 61.3 Å². The summed E-state index contributed by atoms with van der Waals surface area (Å²) in [4.78, 5) is 46.0. The van der Waals surface area contributed by atoms with Gasteiger partial charge in [0.05, 0.1) is 0 Å². The SMILES string of the molecule is CC(CN1C(=O)[C@H](C(N)CCCC(=O)OCc2ccccc2)NC(=O)C12CCN(CCc1ccccc1)CC2)(c1ccccc1)c1ccccc1. The average molecular weight is 687 g/mol. The lowest BCUT2D eigenvalue weighted by Gasteiger charge is -2.54. The predicted octanol–water partition coefficient (Wildman–Crippen LogP) is 5.64. The largest absolute Gasteiger partial charge is 0.461 e. The fourth-order valence-electron chi connectivity index (χ4n) is 7.67. The van der Waals surface area contributed by atoms with Crippen molar-refractivity contribution in [1.29, 1.82) is 0 Å². The van der Waals surface area contributed by atoms with E-state index >= 15 is 0 Å². The van der Waals surface area contributed by atoms with Crippen LogP contribution < -0.4 is 11.1 Å². The number of benzene rings is 4. The van der Waals surface area contributed by atoms with Crippen LogP contribution in [0.4, 0.5) is 0 Å². The molecular formula is C43H50N4O4. The first kappa shape index (κ1) is 36.0. The van der Waals surface area contributed by atoms with Crippen molar-refractivity contribution in [1.82, 2.24) is 15.1 Å². The van der Waals surface area contributed by atoms with Gasteiger partial charge in [-0.05, 0) is 61.3 Å². The summed E-state index contributed by atoms with van der Waals surface area (Å²) in [6, 6.07) is 38.9. The molecule has 266 valence electrons. The topological polar surface area (TPSA) is 105 Å². The Morgan fingerprint density at radius 3 is 1.94 bits per heavy atom. The zero-order chi connectivity index (χ0) is 35.7. The van der Waals surface area contributed by atoms with Crippen LogP contribution in [0, 0.1) is 0 Å². The third-order valence-electron chi connectivity index (χ3n) is 10.9. The molecule has 1 unspecified atom stereocenters. The number of esters is 1. The minimum absolute atomic E-state index is 0.143. The van der Waals surface area contributed by atoms with Gasteiger partial charge in [0, 0.05) is 44.1 Å². The number of nitrogens with two attached hydrogens (primary N) is 1. The van der Waals surface area contributed by atoms with Gasteiger partial charge in [-0.2, -0.15) is 0 Å². The van der Waals surface area contributed by atoms with Gasteiger partial charge in [0.2, 0.25) is 11.8 Å². The Balaban J connectivity index is 1.20. The lowest BCUT2D eigenvalue weighted by atomic mass is 9.73. The highest BCUT2D eigenvalue weighted by Gasteiger charge is 2.56. The molecule has 2 fully saturated rings. The van der Waals surface area contributed by atoms with Crippen LogP contribution in [-0.2, 0) is 37.6 Å². The number of piperidine rings is 1. The van der Waals surface area contributed by atoms with Crippen LogP contribution in [0.3, 0.4) is 0 Å². The fraction of sp³-hybridized carbons (Fsp3) is 0.372. The van der Waals surface area contributed by atoms with Crippen LogP contribution in [0.25, 0.3) is 0 Å². The summed E-state index contributed by atoms with van der Waals surface area (Å²) >= 11 is 0. The van der Waals surface area contributed by atoms with Crippen LogP contribution >= 0.6 is 0 Å². The highest BCUT2D eigenvalue weighted by Crippen LogP contribution is 2.40. The molecule has 4 aromatic rings. The van der Waals surface area contributed by atoms with E-state index in [2.05, 4.69) is 65.7 Å². The maximum absolute atomic E-state index is 14.8. The molecule has 51 heavy (non-hydrogen) atoms. The summed E-state index contributed by atoms with van der Waals surface area (Å²) < 4.78 is 5.45. The number of nitrogens with one attached hydrogen (secondary N) is 1. The van der Waals surface area contributed by atoms with E-state index in [0.29, 0.717) is 45.3 Å². The number of hydrogen-bond acceptors (Lipinski definition) is 6. The molecule has 4 aromatic carbocycles. The van der Waals surface area contributed by atoms with Crippen LogP contribution in [-0.4, -0.2) is 71.4 Å². The molecule has 0 bridgehead atoms. The molecule has 8 heteroatoms. The highest BCUT2D eigenvalue weighted by atomic mass is 16.5. The van der Waals surface area contributed by atoms with Gasteiger partial charge in [-0.1, -0.05) is 121 Å². The standard InChI is InChI=1S/C43H50N4O4/c1-42(35-19-10-4-11-20-35,36-21-12-5-13-22-36)32-47-40(49)39(37(44)23-14-24-38(48)51-31-34-17-8-3-9-18-34)45-41(50)43(47)26-29-46(30-27-43)28-25-33-15-6-2-7-16-33/h2-13,15-22,37,39H,14,23-32,44H2,1H3,(H,45,50)/t37?,39-/m0/s1. The van der Waals surface area contributed by atoms with E-state index in [1.807, 2.05) is 77.7 Å². The van der Waals surface area contributed by atoms with Crippen molar-refractivity contribution in [3.8, 4) is 0 Å². The van der Waals surface area contributed by atoms with E-state index in [0.717, 1.165) is 29.7 Å². The number of rotatable bonds is 14. The molecular weight excluding hydrogens is 636 g/mol. The second-order valence-electron chi connectivity index (χ2n) is 14.3. The normalized spacial score (nSPS) is 18.3. The zero-order valence-corrected chi connectivity index (χ0v) is 29.6. The van der Waals surface area contributed by atoms with Crippen molar-refractivity contribution in [2.75, 3.05) is 26.2 Å². The summed E-state index contributed by atoms with van der Waals surface area (Å²) in [6.07, 6.45) is 3.02. The second-order valence-corrected chi connectivity index (χ2v) is 14.3. The number of carbonyl (C=O) groups is 3. The van der Waals surface area contributed by atoms with Crippen LogP contribution in [0.15, 0.2) is 121 Å². The van der Waals surface area contributed by atoms with Gasteiger partial charge in [0.15, 0.2) is 0 Å². The molecule has 2 saturated heterocycles. The monoisotopic (exact) mass is 686 g/mol. The van der Waals surface area contributed by atoms with Crippen molar-refractivity contribution in [3.05, 3.63) is 144 Å². The summed E-state index contributed by atoms with van der Waals surface area (Å²) in [5.41, 5.74) is 9.47. The van der Waals surface area contributed by atoms with Crippen LogP contribution in [0.2, 0.25) is 0 Å². The Bertz CT molecular complexity index is 1690. The zero-order valence-electron chi connectivity index (χ0n) is 29.6. The number of nitrogens with zero attached hydrogens (tertiary/aromatic N) is 2. The first-order valence-electron chi connectivity index (χ1n) is 18.2. The smallest absolute Gasteiger partial charge is 0.306 e. The van der Waals surface area contributed by atoms with E-state index in [1.165, 1.54) is 5.56 Å². The van der Waals surface area contributed by atoms with Gasteiger partial charge in [-0.25, -0.2) is 0 Å². The van der Waals surface area contributed by atoms with Crippen molar-refractivity contribution < 1.29 is 19.1 Å². The van der Waals surface area contributed by atoms with E-state index in [1.54, 1.807) is 0 Å². The van der Waals surface area contributed by atoms with Gasteiger partial charge >= 0.3 is 5.97 Å². The van der Waals surface area contributed by atoms with Gasteiger partial charge in [-0.3, -0.25) is 14.4 Å². The van der Waals surface area contributed by atoms with E-state index in [-0.39, 0.29) is 30.8 Å². The Labute approximate surface area is 302 Å². The van der Waals surface area contributed by atoms with E-state index in [9.17, 15) is 14.4 Å². The molecule has 8 nitrogen and oxygen atoms in total. The number of amides is 2. The summed E-state index contributed by atoms with van der Waals surface area (Å²) in [6.45, 7) is 5.01. The Hall–Kier alpha value is -4.79. The molecule has 0 radical (unpaired) electrons. The van der Waals surface area contributed by atoms with Gasteiger partial charge < -0.3 is 25.6 Å². The molecule has 2 aliphatic heterocycles. The maximum Gasteiger partial charge on any atom is 0.306 e. The van der Waals surface area contributed by atoms with E-state index in [4.69, 9.17) is 10.5 Å². The first-order valence-corrected chi connectivity index (χ1v) is 18.2. The highest BCUT2D eigenvalue weighted by molar-refractivity contribution is 6.00. The fourth-order valence-corrected chi connectivity index (χ4v) is 7.67. The van der Waals surface area contributed by atoms with Crippen molar-refractivity contribution in [2.24, 2.45) is 5.73 Å². The molecule has 6 rings (SSSR count). The Kier molecular flexibility index (Phi) is 11.6. The Morgan fingerprint density at radius 1 is 0.843 bits per heavy atom. The van der Waals surface area contributed by atoms with Crippen LogP contribution in [0.5, 0.6) is 0 Å². The average Bonchev–Trinajstić information content (AvgIpc) is 3.18. The number of piperazine rings is 1. The number of ether oxygens (including phenoxy) is 1. The number of hydrogen-bond donors (Lipinski definition) is 2. The quantitative estimate of drug-likeness (QED) is 0.167. The maximum atomic E-state index is 14.8. The molecule has 2 aliphatic rings. The van der Waals surface area contributed by atoms with Gasteiger partial charge in [0.25, 0.3) is 0 Å². The van der Waals surface area contributed by atoms with E-state index < -0.39 is 23.0 Å². The molecule has 0 aliphatic carbocycles. The molecule has 3 N–H and O–H groups in total.